The first kappa shape index (κ1) is 14.4. The Bertz CT molecular complexity index is 526. The molecule has 0 N–H and O–H groups in total. The lowest BCUT2D eigenvalue weighted by Crippen LogP contribution is -2.35. The second-order valence-corrected chi connectivity index (χ2v) is 6.81. The molecule has 1 atom stereocenters. The summed E-state index contributed by atoms with van der Waals surface area (Å²) in [6, 6.07) is 5.44. The van der Waals surface area contributed by atoms with Gasteiger partial charge in [-0.05, 0) is 30.9 Å². The molecule has 0 aromatic heterocycles. The van der Waals surface area contributed by atoms with Gasteiger partial charge in [0.2, 0.25) is 10.0 Å². The second kappa shape index (κ2) is 5.98. The Kier molecular flexibility index (Phi) is 4.54. The topological polar surface area (TPSA) is 46.6 Å². The molecule has 0 saturated carbocycles. The molecule has 4 nitrogen and oxygen atoms in total. The highest BCUT2D eigenvalue weighted by Gasteiger charge is 2.27. The van der Waals surface area contributed by atoms with Gasteiger partial charge in [0.05, 0.1) is 6.61 Å². The lowest BCUT2D eigenvalue weighted by Gasteiger charge is -2.26. The van der Waals surface area contributed by atoms with Gasteiger partial charge in [0.1, 0.15) is 10.7 Å². The van der Waals surface area contributed by atoms with Gasteiger partial charge in [0.25, 0.3) is 0 Å². The van der Waals surface area contributed by atoms with Gasteiger partial charge < -0.3 is 4.74 Å². The molecule has 1 fully saturated rings. The first-order chi connectivity index (χ1) is 9.01. The Morgan fingerprint density at radius 3 is 2.79 bits per heavy atom. The summed E-state index contributed by atoms with van der Waals surface area (Å²) in [5.41, 5.74) is 0. The van der Waals surface area contributed by atoms with Crippen molar-refractivity contribution >= 4 is 10.0 Å². The smallest absolute Gasteiger partial charge is 0.245 e. The molecule has 106 valence electrons. The van der Waals surface area contributed by atoms with Gasteiger partial charge in [-0.15, -0.1) is 0 Å². The molecule has 1 heterocycles. The summed E-state index contributed by atoms with van der Waals surface area (Å²) < 4.78 is 44.7. The molecule has 1 unspecified atom stereocenters. The van der Waals surface area contributed by atoms with Crippen LogP contribution in [0.25, 0.3) is 0 Å². The summed E-state index contributed by atoms with van der Waals surface area (Å²) in [6.07, 6.45) is 1.88. The predicted octanol–water partition coefficient (Wildman–Crippen LogP) is 1.87. The highest BCUT2D eigenvalue weighted by atomic mass is 32.2. The van der Waals surface area contributed by atoms with Crippen LogP contribution in [0.4, 0.5) is 4.39 Å². The summed E-state index contributed by atoms with van der Waals surface area (Å²) in [5, 5.41) is 0. The van der Waals surface area contributed by atoms with Crippen LogP contribution >= 0.6 is 0 Å². The Morgan fingerprint density at radius 1 is 1.42 bits per heavy atom. The van der Waals surface area contributed by atoms with E-state index >= 15 is 0 Å². The van der Waals surface area contributed by atoms with E-state index in [1.54, 1.807) is 0 Å². The van der Waals surface area contributed by atoms with Crippen LogP contribution in [0.1, 0.15) is 12.8 Å². The standard InChI is InChI=1S/C13H18FNO3S/c1-15(9-11-5-4-8-18-10-11)19(16,17)13-7-3-2-6-12(13)14/h2-3,6-7,11H,4-5,8-10H2,1H3. The van der Waals surface area contributed by atoms with E-state index < -0.39 is 15.8 Å². The normalized spacial score (nSPS) is 20.7. The van der Waals surface area contributed by atoms with Crippen molar-refractivity contribution in [3.63, 3.8) is 0 Å². The Morgan fingerprint density at radius 2 is 2.16 bits per heavy atom. The zero-order valence-electron chi connectivity index (χ0n) is 10.9. The van der Waals surface area contributed by atoms with E-state index in [-0.39, 0.29) is 10.8 Å². The minimum Gasteiger partial charge on any atom is -0.381 e. The first-order valence-electron chi connectivity index (χ1n) is 6.30. The van der Waals surface area contributed by atoms with Crippen LogP contribution in [-0.2, 0) is 14.8 Å². The summed E-state index contributed by atoms with van der Waals surface area (Å²) in [4.78, 5) is -0.269. The summed E-state index contributed by atoms with van der Waals surface area (Å²) in [6.45, 7) is 1.66. The average Bonchev–Trinajstić information content (AvgIpc) is 2.40. The Balaban J connectivity index is 2.13. The molecule has 19 heavy (non-hydrogen) atoms. The van der Waals surface area contributed by atoms with Gasteiger partial charge in [-0.3, -0.25) is 0 Å². The number of benzene rings is 1. The van der Waals surface area contributed by atoms with E-state index in [4.69, 9.17) is 4.74 Å². The largest absolute Gasteiger partial charge is 0.381 e. The minimum atomic E-state index is -3.77. The number of rotatable bonds is 4. The number of hydrogen-bond acceptors (Lipinski definition) is 3. The molecule has 1 aliphatic heterocycles. The number of halogens is 1. The second-order valence-electron chi connectivity index (χ2n) is 4.80. The molecule has 1 saturated heterocycles. The lowest BCUT2D eigenvalue weighted by atomic mass is 10.0. The SMILES string of the molecule is CN(CC1CCCOC1)S(=O)(=O)c1ccccc1F. The van der Waals surface area contributed by atoms with Crippen LogP contribution in [0.15, 0.2) is 29.2 Å². The molecule has 2 rings (SSSR count). The van der Waals surface area contributed by atoms with E-state index in [9.17, 15) is 12.8 Å². The van der Waals surface area contributed by atoms with Crippen molar-refractivity contribution in [3.8, 4) is 0 Å². The van der Waals surface area contributed by atoms with Crippen molar-refractivity contribution in [1.82, 2.24) is 4.31 Å². The van der Waals surface area contributed by atoms with E-state index in [0.717, 1.165) is 25.5 Å². The zero-order valence-corrected chi connectivity index (χ0v) is 11.7. The molecule has 0 amide bonds. The van der Waals surface area contributed by atoms with E-state index in [0.29, 0.717) is 13.2 Å². The van der Waals surface area contributed by atoms with Crippen molar-refractivity contribution in [2.75, 3.05) is 26.8 Å². The van der Waals surface area contributed by atoms with Gasteiger partial charge in [-0.25, -0.2) is 17.1 Å². The molecule has 0 aliphatic carbocycles. The first-order valence-corrected chi connectivity index (χ1v) is 7.74. The summed E-state index contributed by atoms with van der Waals surface area (Å²) >= 11 is 0. The number of hydrogen-bond donors (Lipinski definition) is 0. The predicted molar refractivity (Wildman–Crippen MR) is 69.8 cm³/mol. The van der Waals surface area contributed by atoms with Crippen LogP contribution in [-0.4, -0.2) is 39.5 Å². The quantitative estimate of drug-likeness (QED) is 0.849. The molecule has 0 spiro atoms. The highest BCUT2D eigenvalue weighted by Crippen LogP contribution is 2.21. The molecule has 0 radical (unpaired) electrons. The summed E-state index contributed by atoms with van der Waals surface area (Å²) in [7, 11) is -2.28. The van der Waals surface area contributed by atoms with Gasteiger partial charge in [0.15, 0.2) is 0 Å². The number of nitrogens with zero attached hydrogens (tertiary/aromatic N) is 1. The third-order valence-corrected chi connectivity index (χ3v) is 5.15. The maximum absolute atomic E-state index is 13.6. The molecule has 1 aromatic rings. The van der Waals surface area contributed by atoms with Crippen LogP contribution in [0.2, 0.25) is 0 Å². The summed E-state index contributed by atoms with van der Waals surface area (Å²) in [5.74, 6) is -0.533. The van der Waals surface area contributed by atoms with Gasteiger partial charge in [0, 0.05) is 20.2 Å². The van der Waals surface area contributed by atoms with E-state index in [2.05, 4.69) is 0 Å². The highest BCUT2D eigenvalue weighted by molar-refractivity contribution is 7.89. The lowest BCUT2D eigenvalue weighted by molar-refractivity contribution is 0.0495. The zero-order chi connectivity index (χ0) is 13.9. The molecule has 1 aromatic carbocycles. The third-order valence-electron chi connectivity index (χ3n) is 3.29. The van der Waals surface area contributed by atoms with Crippen LogP contribution in [0, 0.1) is 11.7 Å². The fourth-order valence-corrected chi connectivity index (χ4v) is 3.54. The van der Waals surface area contributed by atoms with Crippen molar-refractivity contribution in [1.29, 1.82) is 0 Å². The van der Waals surface area contributed by atoms with Crippen molar-refractivity contribution < 1.29 is 17.5 Å². The molecule has 0 bridgehead atoms. The van der Waals surface area contributed by atoms with E-state index in [1.165, 1.54) is 29.6 Å². The van der Waals surface area contributed by atoms with Crippen LogP contribution < -0.4 is 0 Å². The molecular weight excluding hydrogens is 269 g/mol. The molecule has 6 heteroatoms. The number of ether oxygens (including phenoxy) is 1. The van der Waals surface area contributed by atoms with Gasteiger partial charge in [-0.2, -0.15) is 0 Å². The van der Waals surface area contributed by atoms with Crippen molar-refractivity contribution in [2.45, 2.75) is 17.7 Å². The molecule has 1 aliphatic rings. The monoisotopic (exact) mass is 287 g/mol. The van der Waals surface area contributed by atoms with E-state index in [1.807, 2.05) is 0 Å². The van der Waals surface area contributed by atoms with Crippen LogP contribution in [0.5, 0.6) is 0 Å². The van der Waals surface area contributed by atoms with Crippen molar-refractivity contribution in [2.24, 2.45) is 5.92 Å². The Hall–Kier alpha value is -0.980. The minimum absolute atomic E-state index is 0.181. The van der Waals surface area contributed by atoms with Gasteiger partial charge in [-0.1, -0.05) is 12.1 Å². The Labute approximate surface area is 113 Å². The maximum Gasteiger partial charge on any atom is 0.245 e. The fraction of sp³-hybridized carbons (Fsp3) is 0.538. The third kappa shape index (κ3) is 3.32. The maximum atomic E-state index is 13.6. The number of sulfonamides is 1. The van der Waals surface area contributed by atoms with Crippen molar-refractivity contribution in [3.05, 3.63) is 30.1 Å². The fourth-order valence-electron chi connectivity index (χ4n) is 2.23. The average molecular weight is 287 g/mol. The molecular formula is C13H18FNO3S. The van der Waals surface area contributed by atoms with Gasteiger partial charge >= 0.3 is 0 Å². The van der Waals surface area contributed by atoms with Crippen LogP contribution in [0.3, 0.4) is 0 Å².